The molecule has 154 valence electrons. The lowest BCUT2D eigenvalue weighted by Gasteiger charge is -2.24. The Labute approximate surface area is 168 Å². The van der Waals surface area contributed by atoms with Gasteiger partial charge in [-0.3, -0.25) is 9.52 Å². The van der Waals surface area contributed by atoms with Crippen molar-refractivity contribution in [3.05, 3.63) is 35.1 Å². The minimum absolute atomic E-state index is 0.00224. The van der Waals surface area contributed by atoms with Crippen LogP contribution in [0.1, 0.15) is 62.1 Å². The van der Waals surface area contributed by atoms with Gasteiger partial charge in [0.2, 0.25) is 0 Å². The van der Waals surface area contributed by atoms with Crippen molar-refractivity contribution in [1.82, 2.24) is 10.0 Å². The fourth-order valence-corrected chi connectivity index (χ4v) is 4.75. The molecule has 0 aromatic heterocycles. The summed E-state index contributed by atoms with van der Waals surface area (Å²) in [6.07, 6.45) is 2.36. The van der Waals surface area contributed by atoms with Crippen LogP contribution in [0.3, 0.4) is 0 Å². The van der Waals surface area contributed by atoms with E-state index in [1.807, 2.05) is 13.0 Å². The minimum atomic E-state index is -0.884. The molecule has 2 saturated heterocycles. The molecule has 1 aromatic rings. The van der Waals surface area contributed by atoms with Crippen LogP contribution in [0, 0.1) is 11.7 Å². The molecule has 0 saturated carbocycles. The molecule has 8 heteroatoms. The Morgan fingerprint density at radius 2 is 2.14 bits per heavy atom. The summed E-state index contributed by atoms with van der Waals surface area (Å²) in [5.41, 5.74) is 1.62. The van der Waals surface area contributed by atoms with Crippen molar-refractivity contribution in [1.29, 1.82) is 0 Å². The van der Waals surface area contributed by atoms with Gasteiger partial charge in [0, 0.05) is 18.7 Å². The van der Waals surface area contributed by atoms with E-state index in [1.54, 1.807) is 18.0 Å². The summed E-state index contributed by atoms with van der Waals surface area (Å²) in [5, 5.41) is 11.7. The van der Waals surface area contributed by atoms with E-state index in [2.05, 4.69) is 10.0 Å². The van der Waals surface area contributed by atoms with E-state index in [1.165, 1.54) is 6.07 Å². The third-order valence-electron chi connectivity index (χ3n) is 5.33. The molecular formula is C20H27FN2O4S. The molecule has 1 aromatic carbocycles. The van der Waals surface area contributed by atoms with Gasteiger partial charge in [0.25, 0.3) is 0 Å². The zero-order valence-corrected chi connectivity index (χ0v) is 16.8. The van der Waals surface area contributed by atoms with Crippen molar-refractivity contribution in [3.8, 4) is 0 Å². The average Bonchev–Trinajstić information content (AvgIpc) is 2.93. The topological polar surface area (TPSA) is 87.7 Å². The number of cyclic esters (lactones) is 1. The molecule has 3 unspecified atom stereocenters. The number of rotatable bonds is 6. The highest BCUT2D eigenvalue weighted by Gasteiger charge is 2.37. The van der Waals surface area contributed by atoms with E-state index in [-0.39, 0.29) is 24.1 Å². The van der Waals surface area contributed by atoms with Gasteiger partial charge in [-0.1, -0.05) is 24.9 Å². The molecular weight excluding hydrogens is 383 g/mol. The first kappa shape index (κ1) is 20.9. The zero-order valence-electron chi connectivity index (χ0n) is 15.9. The zero-order chi connectivity index (χ0) is 20.1. The molecule has 3 rings (SSSR count). The molecule has 1 amide bonds. The molecule has 6 nitrogen and oxygen atoms in total. The monoisotopic (exact) mass is 410 g/mol. The van der Waals surface area contributed by atoms with Crippen LogP contribution in [0.25, 0.3) is 0 Å². The van der Waals surface area contributed by atoms with Crippen LogP contribution in [0.15, 0.2) is 18.2 Å². The van der Waals surface area contributed by atoms with Crippen molar-refractivity contribution in [2.24, 2.45) is 5.92 Å². The number of benzene rings is 1. The average molecular weight is 411 g/mol. The van der Waals surface area contributed by atoms with E-state index in [4.69, 9.17) is 9.84 Å². The Morgan fingerprint density at radius 1 is 1.36 bits per heavy atom. The standard InChI is InChI=1S/C20H27FN2O4S/c1-12(8-18(24)25)7-17-19(23-20(26)27-17)15-9-14(10-16(21)11-15)13-3-2-6-28-22-5-4-13/h9-13,17,19,22H,2-8H2,1H3,(H,23,26)(H,24,25)/t12?,13?,17-,19?/m1/s1. The number of hydrogen-bond donors (Lipinski definition) is 3. The second kappa shape index (κ2) is 9.60. The van der Waals surface area contributed by atoms with Gasteiger partial charge in [0.05, 0.1) is 6.04 Å². The van der Waals surface area contributed by atoms with Gasteiger partial charge < -0.3 is 15.2 Å². The second-order valence-electron chi connectivity index (χ2n) is 7.69. The number of carbonyl (C=O) groups excluding carboxylic acids is 1. The minimum Gasteiger partial charge on any atom is -0.481 e. The Kier molecular flexibility index (Phi) is 7.18. The van der Waals surface area contributed by atoms with Gasteiger partial charge in [0.15, 0.2) is 0 Å². The van der Waals surface area contributed by atoms with Gasteiger partial charge in [0.1, 0.15) is 11.9 Å². The number of halogens is 1. The molecule has 28 heavy (non-hydrogen) atoms. The maximum absolute atomic E-state index is 14.4. The van der Waals surface area contributed by atoms with E-state index < -0.39 is 24.2 Å². The van der Waals surface area contributed by atoms with Crippen LogP contribution in [0.4, 0.5) is 9.18 Å². The highest BCUT2D eigenvalue weighted by Crippen LogP contribution is 2.34. The first-order valence-electron chi connectivity index (χ1n) is 9.76. The van der Waals surface area contributed by atoms with Crippen LogP contribution < -0.4 is 10.0 Å². The molecule has 2 aliphatic heterocycles. The van der Waals surface area contributed by atoms with Gasteiger partial charge >= 0.3 is 12.1 Å². The summed E-state index contributed by atoms with van der Waals surface area (Å²) in [5.74, 6) is -0.0552. The van der Waals surface area contributed by atoms with Crippen molar-refractivity contribution in [2.45, 2.75) is 57.1 Å². The molecule has 3 N–H and O–H groups in total. The molecule has 2 aliphatic rings. The number of carboxylic acid groups (broad SMARTS) is 1. The number of nitrogens with one attached hydrogen (secondary N) is 2. The highest BCUT2D eigenvalue weighted by molar-refractivity contribution is 7.97. The molecule has 0 radical (unpaired) electrons. The fraction of sp³-hybridized carbons (Fsp3) is 0.600. The number of amides is 1. The van der Waals surface area contributed by atoms with Crippen LogP contribution in [-0.4, -0.2) is 35.6 Å². The third kappa shape index (κ3) is 5.61. The first-order valence-corrected chi connectivity index (χ1v) is 10.7. The second-order valence-corrected chi connectivity index (χ2v) is 8.68. The summed E-state index contributed by atoms with van der Waals surface area (Å²) in [6.45, 7) is 2.69. The lowest BCUT2D eigenvalue weighted by Crippen LogP contribution is -2.25. The van der Waals surface area contributed by atoms with E-state index in [9.17, 15) is 14.0 Å². The van der Waals surface area contributed by atoms with Crippen molar-refractivity contribution >= 4 is 24.0 Å². The van der Waals surface area contributed by atoms with Gasteiger partial charge in [-0.15, -0.1) is 0 Å². The van der Waals surface area contributed by atoms with Crippen LogP contribution in [0.5, 0.6) is 0 Å². The fourth-order valence-electron chi connectivity index (χ4n) is 4.03. The van der Waals surface area contributed by atoms with E-state index in [0.717, 1.165) is 37.1 Å². The predicted molar refractivity (Wildman–Crippen MR) is 106 cm³/mol. The first-order chi connectivity index (χ1) is 13.4. The summed E-state index contributed by atoms with van der Waals surface area (Å²) in [7, 11) is 0. The predicted octanol–water partition coefficient (Wildman–Crippen LogP) is 3.98. The molecule has 2 heterocycles. The summed E-state index contributed by atoms with van der Waals surface area (Å²) < 4.78 is 23.1. The van der Waals surface area contributed by atoms with E-state index >= 15 is 0 Å². The van der Waals surface area contributed by atoms with Gasteiger partial charge in [-0.05, 0) is 60.8 Å². The van der Waals surface area contributed by atoms with Crippen LogP contribution >= 0.6 is 11.9 Å². The lowest BCUT2D eigenvalue weighted by atomic mass is 9.87. The molecule has 0 spiro atoms. The number of hydrogen-bond acceptors (Lipinski definition) is 5. The smallest absolute Gasteiger partial charge is 0.408 e. The van der Waals surface area contributed by atoms with Crippen molar-refractivity contribution in [3.63, 3.8) is 0 Å². The van der Waals surface area contributed by atoms with Gasteiger partial charge in [-0.25, -0.2) is 9.18 Å². The molecule has 2 fully saturated rings. The van der Waals surface area contributed by atoms with Crippen LogP contribution in [-0.2, 0) is 9.53 Å². The van der Waals surface area contributed by atoms with Crippen molar-refractivity contribution < 1.29 is 23.8 Å². The number of ether oxygens (including phenoxy) is 1. The normalized spacial score (nSPS) is 26.6. The molecule has 4 atom stereocenters. The quantitative estimate of drug-likeness (QED) is 0.615. The number of carboxylic acids is 1. The number of carbonyl (C=O) groups is 2. The summed E-state index contributed by atoms with van der Waals surface area (Å²) in [6, 6.07) is 4.52. The number of aliphatic carboxylic acids is 1. The van der Waals surface area contributed by atoms with Gasteiger partial charge in [-0.2, -0.15) is 0 Å². The summed E-state index contributed by atoms with van der Waals surface area (Å²) in [4.78, 5) is 22.8. The summed E-state index contributed by atoms with van der Waals surface area (Å²) >= 11 is 1.73. The Balaban J connectivity index is 1.79. The highest BCUT2D eigenvalue weighted by atomic mass is 32.2. The Morgan fingerprint density at radius 3 is 2.93 bits per heavy atom. The van der Waals surface area contributed by atoms with Crippen molar-refractivity contribution in [2.75, 3.05) is 12.3 Å². The largest absolute Gasteiger partial charge is 0.481 e. The number of alkyl carbamates (subject to hydrolysis) is 1. The molecule has 0 aliphatic carbocycles. The SMILES string of the molecule is CC(CC(=O)O)C[C@H]1OC(=O)NC1c1cc(F)cc(C2CCCSNCC2)c1. The van der Waals surface area contributed by atoms with E-state index in [0.29, 0.717) is 12.0 Å². The maximum atomic E-state index is 14.4. The Bertz CT molecular complexity index is 709. The van der Waals surface area contributed by atoms with Crippen LogP contribution in [0.2, 0.25) is 0 Å². The maximum Gasteiger partial charge on any atom is 0.408 e. The molecule has 0 bridgehead atoms. The third-order valence-corrected chi connectivity index (χ3v) is 6.23. The Hall–Kier alpha value is -1.80. The lowest BCUT2D eigenvalue weighted by molar-refractivity contribution is -0.138.